The summed E-state index contributed by atoms with van der Waals surface area (Å²) in [6.07, 6.45) is 2.02. The van der Waals surface area contributed by atoms with E-state index in [1.54, 1.807) is 28.8 Å². The number of thiol groups is 1. The molecule has 0 aliphatic carbocycles. The molecular weight excluding hydrogens is 493 g/mol. The van der Waals surface area contributed by atoms with Crippen LogP contribution in [-0.4, -0.2) is 31.6 Å². The molecule has 0 bridgehead atoms. The minimum Gasteiger partial charge on any atom is -0.597 e. The summed E-state index contributed by atoms with van der Waals surface area (Å²) in [5.74, 6) is -2.00. The number of carboxylic acids is 1. The van der Waals surface area contributed by atoms with Crippen LogP contribution in [0.4, 0.5) is 4.39 Å². The number of carboxylic acid groups (broad SMARTS) is 1. The number of amides is 1. The average molecular weight is 517 g/mol. The Hall–Kier alpha value is -1.13. The van der Waals surface area contributed by atoms with Gasteiger partial charge in [-0.1, -0.05) is 33.3 Å². The summed E-state index contributed by atoms with van der Waals surface area (Å²) in [5, 5.41) is 13.1. The van der Waals surface area contributed by atoms with Gasteiger partial charge in [-0.25, -0.2) is 13.9 Å². The maximum atomic E-state index is 14.5. The molecule has 10 heteroatoms. The number of carbonyl (C=O) groups excluding carboxylic acids is 1. The summed E-state index contributed by atoms with van der Waals surface area (Å²) in [6, 6.07) is 7.72. The topological polar surface area (TPSA) is 98.7 Å². The molecular formula is C21H24FN4O3RbS. The zero-order chi connectivity index (χ0) is 22.3. The van der Waals surface area contributed by atoms with Crippen molar-refractivity contribution < 1.29 is 77.3 Å². The molecule has 0 saturated carbocycles. The van der Waals surface area contributed by atoms with Gasteiger partial charge in [0, 0.05) is 23.7 Å². The minimum atomic E-state index is -0.934. The molecule has 31 heavy (non-hydrogen) atoms. The van der Waals surface area contributed by atoms with E-state index in [9.17, 15) is 14.0 Å². The number of hydrogen-bond donors (Lipinski definition) is 2. The number of aliphatic carboxylic acids is 1. The molecule has 0 unspecified atom stereocenters. The number of fused-ring (bicyclic) bond motifs is 1. The van der Waals surface area contributed by atoms with E-state index in [4.69, 9.17) is 5.11 Å². The summed E-state index contributed by atoms with van der Waals surface area (Å²) in [7, 11) is 0. The summed E-state index contributed by atoms with van der Waals surface area (Å²) in [5.41, 5.74) is 2.51. The molecule has 0 aliphatic heterocycles. The zero-order valence-electron chi connectivity index (χ0n) is 18.1. The van der Waals surface area contributed by atoms with Gasteiger partial charge in [-0.2, -0.15) is 5.10 Å². The third kappa shape index (κ3) is 7.45. The first-order chi connectivity index (χ1) is 14.3. The van der Waals surface area contributed by atoms with Crippen molar-refractivity contribution in [1.82, 2.24) is 14.6 Å². The standard InChI is InChI=1S/C18H17FN4O3S.C3H8.Rb/c1-2-11-8-15(18(26)22-27)20-16-9-14(21-23(11)16)12-5-3-10(7-13(12)19)4-6-17(24)25;1-3-2;/h3,5,7-9H,2,4,6H2,1H3,(H3,20,21,22,24,25,26,27);3H2,1-2H3;/q;;+1/p-1. The largest absolute Gasteiger partial charge is 1.00 e. The van der Waals surface area contributed by atoms with Crippen LogP contribution in [0.1, 0.15) is 55.4 Å². The van der Waals surface area contributed by atoms with Gasteiger partial charge in [0.2, 0.25) is 0 Å². The molecule has 1 aromatic carbocycles. The second kappa shape index (κ2) is 13.4. The van der Waals surface area contributed by atoms with Crippen LogP contribution in [0.25, 0.3) is 21.6 Å². The summed E-state index contributed by atoms with van der Waals surface area (Å²) < 4.78 is 19.4. The Kier molecular flexibility index (Phi) is 12.1. The fraction of sp³-hybridized carbons (Fsp3) is 0.333. The SMILES string of the molecule is CCC.CCc1cc(C(=O)[N-]S)nc2cc(-c3ccc(CCC(=O)O)cc3F)nn12.[Rb+]. The van der Waals surface area contributed by atoms with E-state index in [-0.39, 0.29) is 82.3 Å². The van der Waals surface area contributed by atoms with E-state index in [0.29, 0.717) is 23.3 Å². The van der Waals surface area contributed by atoms with Gasteiger partial charge in [0.25, 0.3) is 0 Å². The van der Waals surface area contributed by atoms with Crippen LogP contribution in [0.5, 0.6) is 0 Å². The van der Waals surface area contributed by atoms with Gasteiger partial charge in [0.05, 0.1) is 11.4 Å². The number of aromatic nitrogens is 3. The molecule has 3 rings (SSSR count). The van der Waals surface area contributed by atoms with Crippen molar-refractivity contribution in [1.29, 1.82) is 0 Å². The predicted molar refractivity (Wildman–Crippen MR) is 116 cm³/mol. The predicted octanol–water partition coefficient (Wildman–Crippen LogP) is 1.89. The quantitative estimate of drug-likeness (QED) is 0.488. The second-order valence-electron chi connectivity index (χ2n) is 6.61. The van der Waals surface area contributed by atoms with Crippen molar-refractivity contribution in [3.63, 3.8) is 0 Å². The molecule has 2 heterocycles. The molecule has 160 valence electrons. The minimum absolute atomic E-state index is 0. The van der Waals surface area contributed by atoms with Gasteiger partial charge in [-0.15, -0.1) is 0 Å². The Balaban J connectivity index is 0.00000113. The third-order valence-electron chi connectivity index (χ3n) is 4.11. The summed E-state index contributed by atoms with van der Waals surface area (Å²) in [6.45, 7) is 6.15. The molecule has 0 radical (unpaired) electrons. The molecule has 0 aliphatic rings. The molecule has 0 saturated heterocycles. The zero-order valence-corrected chi connectivity index (χ0v) is 23.9. The first-order valence-electron chi connectivity index (χ1n) is 9.64. The van der Waals surface area contributed by atoms with Crippen molar-refractivity contribution >= 4 is 30.3 Å². The smallest absolute Gasteiger partial charge is 0.597 e. The van der Waals surface area contributed by atoms with E-state index in [1.165, 1.54) is 12.5 Å². The maximum absolute atomic E-state index is 14.5. The number of carbonyl (C=O) groups is 2. The van der Waals surface area contributed by atoms with Crippen molar-refractivity contribution in [3.8, 4) is 11.3 Å². The third-order valence-corrected chi connectivity index (χ3v) is 4.29. The molecule has 2 aromatic heterocycles. The Morgan fingerprint density at radius 1 is 1.19 bits per heavy atom. The summed E-state index contributed by atoms with van der Waals surface area (Å²) >= 11 is 3.63. The van der Waals surface area contributed by atoms with E-state index >= 15 is 0 Å². The van der Waals surface area contributed by atoms with Crippen molar-refractivity contribution in [3.05, 3.63) is 57.8 Å². The fourth-order valence-corrected chi connectivity index (χ4v) is 2.86. The number of halogens is 1. The van der Waals surface area contributed by atoms with Crippen LogP contribution in [-0.2, 0) is 17.6 Å². The Morgan fingerprint density at radius 2 is 1.87 bits per heavy atom. The number of nitrogens with zero attached hydrogens (tertiary/aromatic N) is 4. The van der Waals surface area contributed by atoms with Gasteiger partial charge >= 0.3 is 64.2 Å². The van der Waals surface area contributed by atoms with Gasteiger partial charge < -0.3 is 14.6 Å². The molecule has 0 fully saturated rings. The normalized spacial score (nSPS) is 10.1. The number of benzene rings is 1. The molecule has 3 aromatic rings. The number of rotatable bonds is 6. The van der Waals surface area contributed by atoms with Gasteiger partial charge in [-0.05, 0) is 36.6 Å². The van der Waals surface area contributed by atoms with Gasteiger partial charge in [0.1, 0.15) is 11.7 Å². The first-order valence-corrected chi connectivity index (χ1v) is 10.0. The molecule has 1 N–H and O–H groups in total. The van der Waals surface area contributed by atoms with Crippen LogP contribution in [0.15, 0.2) is 30.3 Å². The Labute approximate surface area is 235 Å². The van der Waals surface area contributed by atoms with Crippen LogP contribution < -0.4 is 58.2 Å². The molecule has 1 amide bonds. The van der Waals surface area contributed by atoms with Crippen LogP contribution in [0.2, 0.25) is 0 Å². The monoisotopic (exact) mass is 516 g/mol. The number of hydrogen-bond acceptors (Lipinski definition) is 5. The van der Waals surface area contributed by atoms with Crippen LogP contribution in [0, 0.1) is 5.82 Å². The van der Waals surface area contributed by atoms with Gasteiger partial charge in [0.15, 0.2) is 5.65 Å². The molecule has 0 spiro atoms. The summed E-state index contributed by atoms with van der Waals surface area (Å²) in [4.78, 5) is 26.6. The fourth-order valence-electron chi connectivity index (χ4n) is 2.75. The average Bonchev–Trinajstić information content (AvgIpc) is 3.15. The van der Waals surface area contributed by atoms with E-state index in [1.807, 2.05) is 6.92 Å². The van der Waals surface area contributed by atoms with Crippen molar-refractivity contribution in [2.75, 3.05) is 0 Å². The first kappa shape index (κ1) is 27.9. The van der Waals surface area contributed by atoms with Crippen LogP contribution >= 0.6 is 12.8 Å². The van der Waals surface area contributed by atoms with Crippen molar-refractivity contribution in [2.24, 2.45) is 0 Å². The van der Waals surface area contributed by atoms with Crippen LogP contribution in [0.3, 0.4) is 0 Å². The van der Waals surface area contributed by atoms with E-state index < -0.39 is 17.7 Å². The molecule has 0 atom stereocenters. The van der Waals surface area contributed by atoms with Crippen molar-refractivity contribution in [2.45, 2.75) is 46.5 Å². The molecule has 7 nitrogen and oxygen atoms in total. The Bertz CT molecular complexity index is 1060. The number of aryl methyl sites for hydroxylation is 2. The van der Waals surface area contributed by atoms with E-state index in [2.05, 4.69) is 41.5 Å². The van der Waals surface area contributed by atoms with E-state index in [0.717, 1.165) is 5.69 Å². The second-order valence-corrected chi connectivity index (χ2v) is 6.81. The maximum Gasteiger partial charge on any atom is 1.00 e. The van der Waals surface area contributed by atoms with Gasteiger partial charge in [-0.3, -0.25) is 17.6 Å². The Morgan fingerprint density at radius 3 is 2.42 bits per heavy atom.